The monoisotopic (exact) mass is 367 g/mol. The summed E-state index contributed by atoms with van der Waals surface area (Å²) in [4.78, 5) is 18.5. The molecule has 1 fully saturated rings. The fourth-order valence-corrected chi connectivity index (χ4v) is 3.06. The van der Waals surface area contributed by atoms with Gasteiger partial charge in [0.1, 0.15) is 5.82 Å². The van der Waals surface area contributed by atoms with Gasteiger partial charge in [0.2, 0.25) is 5.89 Å². The van der Waals surface area contributed by atoms with Gasteiger partial charge in [-0.1, -0.05) is 5.16 Å². The Morgan fingerprint density at radius 2 is 2.14 bits per heavy atom. The molecule has 3 rings (SSSR count). The zero-order chi connectivity index (χ0) is 15.7. The van der Waals surface area contributed by atoms with E-state index >= 15 is 0 Å². The molecule has 7 heteroatoms. The molecule has 0 spiro atoms. The van der Waals surface area contributed by atoms with Crippen LogP contribution < -0.4 is 0 Å². The van der Waals surface area contributed by atoms with Crippen LogP contribution in [0.15, 0.2) is 27.2 Å². The number of hydrogen-bond acceptors (Lipinski definition) is 4. The van der Waals surface area contributed by atoms with Crippen LogP contribution in [0.2, 0.25) is 0 Å². The number of likely N-dealkylation sites (tertiary alicyclic amines) is 1. The van der Waals surface area contributed by atoms with Gasteiger partial charge in [-0.15, -0.1) is 0 Å². The lowest BCUT2D eigenvalue weighted by atomic mass is 9.96. The van der Waals surface area contributed by atoms with Crippen molar-refractivity contribution in [2.24, 2.45) is 0 Å². The zero-order valence-electron chi connectivity index (χ0n) is 12.1. The Kier molecular flexibility index (Phi) is 4.24. The fourth-order valence-electron chi connectivity index (χ4n) is 2.64. The zero-order valence-corrected chi connectivity index (χ0v) is 13.6. The first kappa shape index (κ1) is 15.1. The SMILES string of the molecule is Cc1noc(C2CCN(C(=O)c3cc(F)ccc3Br)CC2)n1. The third kappa shape index (κ3) is 3.04. The minimum absolute atomic E-state index is 0.161. The minimum atomic E-state index is -0.414. The summed E-state index contributed by atoms with van der Waals surface area (Å²) in [6.45, 7) is 2.97. The molecule has 2 heterocycles. The number of aromatic nitrogens is 2. The van der Waals surface area contributed by atoms with Crippen molar-refractivity contribution in [3.63, 3.8) is 0 Å². The van der Waals surface area contributed by atoms with Crippen LogP contribution in [0.3, 0.4) is 0 Å². The van der Waals surface area contributed by atoms with Crippen LogP contribution in [0.25, 0.3) is 0 Å². The number of hydrogen-bond donors (Lipinski definition) is 0. The Labute approximate surface area is 135 Å². The maximum atomic E-state index is 13.3. The van der Waals surface area contributed by atoms with Crippen molar-refractivity contribution >= 4 is 21.8 Å². The molecule has 0 saturated carbocycles. The van der Waals surface area contributed by atoms with E-state index in [9.17, 15) is 9.18 Å². The third-order valence-electron chi connectivity index (χ3n) is 3.83. The average Bonchev–Trinajstić information content (AvgIpc) is 2.96. The summed E-state index contributed by atoms with van der Waals surface area (Å²) in [5, 5.41) is 3.80. The molecule has 116 valence electrons. The molecule has 2 aromatic rings. The van der Waals surface area contributed by atoms with Gasteiger partial charge in [-0.2, -0.15) is 4.98 Å². The molecule has 0 aliphatic carbocycles. The molecule has 1 aliphatic rings. The van der Waals surface area contributed by atoms with Crippen molar-refractivity contribution in [2.45, 2.75) is 25.7 Å². The van der Waals surface area contributed by atoms with Gasteiger partial charge in [-0.3, -0.25) is 4.79 Å². The van der Waals surface area contributed by atoms with Gasteiger partial charge >= 0.3 is 0 Å². The number of aryl methyl sites for hydroxylation is 1. The molecule has 0 radical (unpaired) electrons. The average molecular weight is 368 g/mol. The molecule has 0 N–H and O–H groups in total. The summed E-state index contributed by atoms with van der Waals surface area (Å²) in [6.07, 6.45) is 1.53. The lowest BCUT2D eigenvalue weighted by Crippen LogP contribution is -2.38. The Morgan fingerprint density at radius 1 is 1.41 bits per heavy atom. The van der Waals surface area contributed by atoms with Crippen LogP contribution in [-0.2, 0) is 0 Å². The first-order valence-corrected chi connectivity index (χ1v) is 7.88. The van der Waals surface area contributed by atoms with E-state index in [1.54, 1.807) is 17.9 Å². The van der Waals surface area contributed by atoms with E-state index in [1.165, 1.54) is 12.1 Å². The Bertz CT molecular complexity index is 696. The lowest BCUT2D eigenvalue weighted by molar-refractivity contribution is 0.0703. The van der Waals surface area contributed by atoms with Gasteiger partial charge in [-0.25, -0.2) is 4.39 Å². The van der Waals surface area contributed by atoms with Crippen LogP contribution in [0.1, 0.15) is 40.8 Å². The predicted molar refractivity (Wildman–Crippen MR) is 81.0 cm³/mol. The Morgan fingerprint density at radius 3 is 2.77 bits per heavy atom. The number of halogens is 2. The molecule has 5 nitrogen and oxygen atoms in total. The summed E-state index contributed by atoms with van der Waals surface area (Å²) in [7, 11) is 0. The molecule has 1 aromatic carbocycles. The standard InChI is InChI=1S/C15H15BrFN3O2/c1-9-18-14(22-19-9)10-4-6-20(7-5-10)15(21)12-8-11(17)2-3-13(12)16/h2-3,8,10H,4-7H2,1H3. The summed E-state index contributed by atoms with van der Waals surface area (Å²) in [5.74, 6) is 0.865. The number of piperidine rings is 1. The Balaban J connectivity index is 1.68. The van der Waals surface area contributed by atoms with E-state index in [2.05, 4.69) is 26.1 Å². The molecule has 1 aliphatic heterocycles. The fraction of sp³-hybridized carbons (Fsp3) is 0.400. The van der Waals surface area contributed by atoms with E-state index < -0.39 is 5.82 Å². The maximum Gasteiger partial charge on any atom is 0.255 e. The number of nitrogens with zero attached hydrogens (tertiary/aromatic N) is 3. The predicted octanol–water partition coefficient (Wildman–Crippen LogP) is 3.30. The van der Waals surface area contributed by atoms with Gasteiger partial charge in [0.15, 0.2) is 5.82 Å². The number of amides is 1. The topological polar surface area (TPSA) is 59.2 Å². The van der Waals surface area contributed by atoms with E-state index in [4.69, 9.17) is 4.52 Å². The van der Waals surface area contributed by atoms with E-state index in [-0.39, 0.29) is 11.8 Å². The largest absolute Gasteiger partial charge is 0.339 e. The second-order valence-electron chi connectivity index (χ2n) is 5.37. The maximum absolute atomic E-state index is 13.3. The van der Waals surface area contributed by atoms with E-state index in [1.807, 2.05) is 0 Å². The van der Waals surface area contributed by atoms with Gasteiger partial charge in [-0.05, 0) is 53.9 Å². The van der Waals surface area contributed by atoms with Crippen molar-refractivity contribution < 1.29 is 13.7 Å². The van der Waals surface area contributed by atoms with Crippen LogP contribution in [0.5, 0.6) is 0 Å². The molecule has 22 heavy (non-hydrogen) atoms. The first-order valence-electron chi connectivity index (χ1n) is 7.09. The molecule has 0 atom stereocenters. The van der Waals surface area contributed by atoms with Crippen LogP contribution in [-0.4, -0.2) is 34.0 Å². The van der Waals surface area contributed by atoms with Crippen molar-refractivity contribution in [3.05, 3.63) is 45.8 Å². The van der Waals surface area contributed by atoms with Gasteiger partial charge in [0.25, 0.3) is 5.91 Å². The molecular weight excluding hydrogens is 353 g/mol. The molecule has 0 bridgehead atoms. The third-order valence-corrected chi connectivity index (χ3v) is 4.53. The summed E-state index contributed by atoms with van der Waals surface area (Å²) >= 11 is 3.30. The highest BCUT2D eigenvalue weighted by Crippen LogP contribution is 2.28. The quantitative estimate of drug-likeness (QED) is 0.816. The van der Waals surface area contributed by atoms with Crippen molar-refractivity contribution in [3.8, 4) is 0 Å². The summed E-state index contributed by atoms with van der Waals surface area (Å²) < 4.78 is 19.1. The highest BCUT2D eigenvalue weighted by atomic mass is 79.9. The number of rotatable bonds is 2. The number of benzene rings is 1. The lowest BCUT2D eigenvalue weighted by Gasteiger charge is -2.30. The summed E-state index contributed by atoms with van der Waals surface area (Å²) in [5.41, 5.74) is 0.354. The van der Waals surface area contributed by atoms with Crippen LogP contribution in [0, 0.1) is 12.7 Å². The van der Waals surface area contributed by atoms with E-state index in [0.717, 1.165) is 12.8 Å². The van der Waals surface area contributed by atoms with Crippen molar-refractivity contribution in [1.82, 2.24) is 15.0 Å². The second-order valence-corrected chi connectivity index (χ2v) is 6.22. The van der Waals surface area contributed by atoms with E-state index in [0.29, 0.717) is 34.8 Å². The molecule has 1 saturated heterocycles. The minimum Gasteiger partial charge on any atom is -0.339 e. The first-order chi connectivity index (χ1) is 10.5. The van der Waals surface area contributed by atoms with Crippen molar-refractivity contribution in [2.75, 3.05) is 13.1 Å². The van der Waals surface area contributed by atoms with Gasteiger partial charge < -0.3 is 9.42 Å². The molecule has 0 unspecified atom stereocenters. The normalized spacial score (nSPS) is 16.0. The number of carbonyl (C=O) groups is 1. The molecule has 1 aromatic heterocycles. The second kappa shape index (κ2) is 6.16. The van der Waals surface area contributed by atoms with Crippen molar-refractivity contribution in [1.29, 1.82) is 0 Å². The molecular formula is C15H15BrFN3O2. The van der Waals surface area contributed by atoms with Gasteiger partial charge in [0, 0.05) is 23.5 Å². The molecule has 1 amide bonds. The summed E-state index contributed by atoms with van der Waals surface area (Å²) in [6, 6.07) is 4.14. The highest BCUT2D eigenvalue weighted by molar-refractivity contribution is 9.10. The Hall–Kier alpha value is -1.76. The van der Waals surface area contributed by atoms with Crippen LogP contribution >= 0.6 is 15.9 Å². The highest BCUT2D eigenvalue weighted by Gasteiger charge is 2.28. The number of carbonyl (C=O) groups excluding carboxylic acids is 1. The van der Waals surface area contributed by atoms with Crippen LogP contribution in [0.4, 0.5) is 4.39 Å². The van der Waals surface area contributed by atoms with Gasteiger partial charge in [0.05, 0.1) is 5.56 Å². The smallest absolute Gasteiger partial charge is 0.255 e.